The first kappa shape index (κ1) is 77.3. The first-order valence-electron chi connectivity index (χ1n) is 32.4. The van der Waals surface area contributed by atoms with E-state index in [0.717, 1.165) is 5.92 Å². The van der Waals surface area contributed by atoms with Gasteiger partial charge in [-0.25, -0.2) is 0 Å². The van der Waals surface area contributed by atoms with Crippen molar-refractivity contribution in [1.29, 1.82) is 0 Å². The molecule has 0 aliphatic rings. The molecular weight excluding hydrogens is 841 g/mol. The topological polar surface area (TPSA) is 0 Å². The highest BCUT2D eigenvalue weighted by Crippen LogP contribution is 2.21. The Morgan fingerprint density at radius 2 is 0.486 bits per heavy atom. The Hall–Kier alpha value is -1.56. The molecule has 70 heavy (non-hydrogen) atoms. The van der Waals surface area contributed by atoms with Crippen molar-refractivity contribution < 1.29 is 0 Å². The molecule has 418 valence electrons. The van der Waals surface area contributed by atoms with Crippen molar-refractivity contribution in [3.8, 4) is 0 Å². The van der Waals surface area contributed by atoms with Crippen LogP contribution in [0, 0.1) is 5.92 Å². The third-order valence-electron chi connectivity index (χ3n) is 13.0. The van der Waals surface area contributed by atoms with Gasteiger partial charge in [-0.15, -0.1) is 6.58 Å². The first-order chi connectivity index (χ1) is 34.5. The Labute approximate surface area is 448 Å². The standard InChI is InChI=1S/C26H50.C12H24.2C11H22.C10H20/c1-4-7-10-12-13-14-15-16-17-18-19-22-25-26(23-20-9-6-3)24-21-11-8-5-2;1-3-5-7-9-11-12-10-8-6-4-2;2*1-3-5-7-9-11-10-8-6-4-2;1-3-5-7-9-10-8-6-4-2/h12-13,20,23,26H,4-11,14-19,21-22,24-25H2,1-3H3;9,11H,3-8,10,12H2,1-2H3;9,11H,3-8,10H2,1-2H3;5,7H,3-4,6,8-11H2,1-2H3;3H,1,4-10H2,2H3. The molecule has 0 N–H and O–H groups in total. The lowest BCUT2D eigenvalue weighted by molar-refractivity contribution is 0.467. The zero-order chi connectivity index (χ0) is 52.6. The normalized spacial score (nSPS) is 11.7. The van der Waals surface area contributed by atoms with Crippen LogP contribution in [0.25, 0.3) is 0 Å². The molecule has 0 heteroatoms. The lowest BCUT2D eigenvalue weighted by Crippen LogP contribution is -1.97. The maximum atomic E-state index is 3.69. The van der Waals surface area contributed by atoms with Gasteiger partial charge in [0.05, 0.1) is 0 Å². The summed E-state index contributed by atoms with van der Waals surface area (Å²) < 4.78 is 0. The lowest BCUT2D eigenvalue weighted by Gasteiger charge is -2.13. The smallest absolute Gasteiger partial charge is 0.0234 e. The Balaban J connectivity index is -0.000000270. The minimum Gasteiger partial charge on any atom is -0.103 e. The van der Waals surface area contributed by atoms with Gasteiger partial charge < -0.3 is 0 Å². The van der Waals surface area contributed by atoms with Crippen LogP contribution in [0.15, 0.2) is 73.4 Å². The molecule has 0 spiro atoms. The second kappa shape index (κ2) is 84.3. The molecule has 1 unspecified atom stereocenters. The summed E-state index contributed by atoms with van der Waals surface area (Å²) in [4.78, 5) is 0. The van der Waals surface area contributed by atoms with Crippen molar-refractivity contribution in [3.05, 3.63) is 73.4 Å². The van der Waals surface area contributed by atoms with Crippen LogP contribution in [-0.2, 0) is 0 Å². The molecule has 0 radical (unpaired) electrons. The molecule has 0 saturated heterocycles. The maximum Gasteiger partial charge on any atom is -0.0234 e. The summed E-state index contributed by atoms with van der Waals surface area (Å²) in [7, 11) is 0. The Morgan fingerprint density at radius 3 is 0.829 bits per heavy atom. The molecule has 0 saturated carbocycles. The molecule has 0 aromatic carbocycles. The average molecular weight is 980 g/mol. The molecule has 0 aromatic rings. The molecule has 0 amide bonds. The van der Waals surface area contributed by atoms with Gasteiger partial charge in [-0.1, -0.05) is 329 Å². The zero-order valence-electron chi connectivity index (χ0n) is 50.9. The van der Waals surface area contributed by atoms with Crippen molar-refractivity contribution >= 4 is 0 Å². The second-order valence-electron chi connectivity index (χ2n) is 20.6. The predicted molar refractivity (Wildman–Crippen MR) is 333 cm³/mol. The van der Waals surface area contributed by atoms with Gasteiger partial charge in [0.15, 0.2) is 0 Å². The highest BCUT2D eigenvalue weighted by Gasteiger charge is 2.05. The molecular formula is C70H138. The fraction of sp³-hybridized carbons (Fsp3) is 0.829. The van der Waals surface area contributed by atoms with Gasteiger partial charge in [0.2, 0.25) is 0 Å². The van der Waals surface area contributed by atoms with Gasteiger partial charge in [-0.05, 0) is 115 Å². The monoisotopic (exact) mass is 979 g/mol. The summed E-state index contributed by atoms with van der Waals surface area (Å²) >= 11 is 0. The summed E-state index contributed by atoms with van der Waals surface area (Å²) in [5, 5.41) is 0. The molecule has 0 fully saturated rings. The third-order valence-corrected chi connectivity index (χ3v) is 13.0. The number of hydrogen-bond donors (Lipinski definition) is 0. The van der Waals surface area contributed by atoms with E-state index in [4.69, 9.17) is 0 Å². The zero-order valence-corrected chi connectivity index (χ0v) is 50.9. The van der Waals surface area contributed by atoms with Crippen LogP contribution in [0.1, 0.15) is 371 Å². The van der Waals surface area contributed by atoms with Crippen LogP contribution >= 0.6 is 0 Å². The van der Waals surface area contributed by atoms with Crippen LogP contribution in [0.5, 0.6) is 0 Å². The van der Waals surface area contributed by atoms with Crippen molar-refractivity contribution in [1.82, 2.24) is 0 Å². The quantitative estimate of drug-likeness (QED) is 0.0421. The van der Waals surface area contributed by atoms with Gasteiger partial charge in [0, 0.05) is 0 Å². The second-order valence-corrected chi connectivity index (χ2v) is 20.6. The lowest BCUT2D eigenvalue weighted by atomic mass is 9.93. The molecule has 0 aromatic heterocycles. The fourth-order valence-corrected chi connectivity index (χ4v) is 8.09. The van der Waals surface area contributed by atoms with E-state index in [2.05, 4.69) is 137 Å². The summed E-state index contributed by atoms with van der Waals surface area (Å²) in [6.45, 7) is 26.2. The predicted octanol–water partition coefficient (Wildman–Crippen LogP) is 27.0. The van der Waals surface area contributed by atoms with E-state index in [0.29, 0.717) is 0 Å². The highest BCUT2D eigenvalue weighted by molar-refractivity contribution is 4.88. The van der Waals surface area contributed by atoms with Gasteiger partial charge in [0.1, 0.15) is 0 Å². The van der Waals surface area contributed by atoms with E-state index in [1.165, 1.54) is 302 Å². The van der Waals surface area contributed by atoms with Crippen molar-refractivity contribution in [3.63, 3.8) is 0 Å². The summed E-state index contributed by atoms with van der Waals surface area (Å²) in [5.74, 6) is 0.853. The molecule has 0 nitrogen and oxygen atoms in total. The Morgan fingerprint density at radius 1 is 0.229 bits per heavy atom. The molecule has 0 heterocycles. The number of allylic oxidation sites excluding steroid dienone is 11. The van der Waals surface area contributed by atoms with E-state index in [1.54, 1.807) is 0 Å². The van der Waals surface area contributed by atoms with E-state index in [1.807, 2.05) is 6.08 Å². The average Bonchev–Trinajstić information content (AvgIpc) is 3.37. The SMILES string of the molecule is C=CCCCCCCCC.CCC=CCCCCCCC.CCCC=CC(CCCCCC)CCCCCCCCC=CCCCC.CCCCC=CCCCCC.CCCCC=CCCCCCC. The fourth-order valence-electron chi connectivity index (χ4n) is 8.09. The van der Waals surface area contributed by atoms with Crippen LogP contribution in [0.4, 0.5) is 0 Å². The number of unbranched alkanes of at least 4 members (excludes halogenated alkanes) is 34. The number of hydrogen-bond acceptors (Lipinski definition) is 0. The highest BCUT2D eigenvalue weighted by atomic mass is 14.1. The van der Waals surface area contributed by atoms with E-state index in [9.17, 15) is 0 Å². The van der Waals surface area contributed by atoms with Crippen LogP contribution in [-0.4, -0.2) is 0 Å². The maximum absolute atomic E-state index is 3.69. The molecule has 0 aliphatic carbocycles. The van der Waals surface area contributed by atoms with Crippen molar-refractivity contribution in [2.24, 2.45) is 5.92 Å². The van der Waals surface area contributed by atoms with E-state index < -0.39 is 0 Å². The van der Waals surface area contributed by atoms with Gasteiger partial charge in [0.25, 0.3) is 0 Å². The number of rotatable bonds is 49. The van der Waals surface area contributed by atoms with Crippen LogP contribution in [0.2, 0.25) is 0 Å². The summed E-state index contributed by atoms with van der Waals surface area (Å²) in [6.07, 6.45) is 89.7. The van der Waals surface area contributed by atoms with Crippen LogP contribution < -0.4 is 0 Å². The van der Waals surface area contributed by atoms with Crippen molar-refractivity contribution in [2.75, 3.05) is 0 Å². The third kappa shape index (κ3) is 92.6. The first-order valence-corrected chi connectivity index (χ1v) is 32.4. The Kier molecular flexibility index (Phi) is 93.1. The molecule has 0 aliphatic heterocycles. The van der Waals surface area contributed by atoms with Gasteiger partial charge in [-0.2, -0.15) is 0 Å². The minimum atomic E-state index is 0.853. The summed E-state index contributed by atoms with van der Waals surface area (Å²) in [6, 6.07) is 0. The van der Waals surface area contributed by atoms with Crippen LogP contribution in [0.3, 0.4) is 0 Å². The van der Waals surface area contributed by atoms with E-state index >= 15 is 0 Å². The molecule has 0 bridgehead atoms. The Bertz CT molecular complexity index is 959. The minimum absolute atomic E-state index is 0.853. The molecule has 1 atom stereocenters. The van der Waals surface area contributed by atoms with Gasteiger partial charge >= 0.3 is 0 Å². The van der Waals surface area contributed by atoms with Crippen molar-refractivity contribution in [2.45, 2.75) is 371 Å². The molecule has 0 rings (SSSR count). The van der Waals surface area contributed by atoms with Gasteiger partial charge in [-0.3, -0.25) is 0 Å². The summed E-state index contributed by atoms with van der Waals surface area (Å²) in [5.41, 5.74) is 0. The largest absolute Gasteiger partial charge is 0.103 e. The van der Waals surface area contributed by atoms with E-state index in [-0.39, 0.29) is 0 Å².